The number of piperidine rings is 1. The van der Waals surface area contributed by atoms with E-state index in [-0.39, 0.29) is 5.69 Å². The van der Waals surface area contributed by atoms with Crippen molar-refractivity contribution in [1.29, 1.82) is 0 Å². The predicted molar refractivity (Wildman–Crippen MR) is 108 cm³/mol. The molecule has 0 aliphatic carbocycles. The van der Waals surface area contributed by atoms with E-state index in [1.807, 2.05) is 29.1 Å². The fraction of sp³-hybridized carbons (Fsp3) is 0.421. The lowest BCUT2D eigenvalue weighted by molar-refractivity contribution is 0.308. The van der Waals surface area contributed by atoms with Gasteiger partial charge in [-0.15, -0.1) is 9.89 Å². The van der Waals surface area contributed by atoms with Gasteiger partial charge in [0, 0.05) is 24.9 Å². The molecule has 1 aromatic carbocycles. The Labute approximate surface area is 165 Å². The molecule has 5 rings (SSSR count). The van der Waals surface area contributed by atoms with E-state index in [0.717, 1.165) is 48.4 Å². The van der Waals surface area contributed by atoms with Crippen molar-refractivity contribution in [2.24, 2.45) is 0 Å². The first-order valence-electron chi connectivity index (χ1n) is 9.94. The van der Waals surface area contributed by atoms with Crippen molar-refractivity contribution in [3.63, 3.8) is 0 Å². The van der Waals surface area contributed by atoms with Gasteiger partial charge in [0.15, 0.2) is 11.5 Å². The van der Waals surface area contributed by atoms with Crippen LogP contribution in [0.4, 0.5) is 0 Å². The summed E-state index contributed by atoms with van der Waals surface area (Å²) in [5.74, 6) is 1.64. The summed E-state index contributed by atoms with van der Waals surface area (Å²) >= 11 is 0. The first-order valence-corrected chi connectivity index (χ1v) is 9.94. The van der Waals surface area contributed by atoms with Crippen LogP contribution in [0.2, 0.25) is 0 Å². The zero-order valence-electron chi connectivity index (χ0n) is 16.0. The van der Waals surface area contributed by atoms with E-state index in [4.69, 9.17) is 4.74 Å². The fourth-order valence-corrected chi connectivity index (χ4v) is 3.75. The molecule has 10 heteroatoms. The topological polar surface area (TPSA) is 118 Å². The van der Waals surface area contributed by atoms with E-state index in [9.17, 15) is 4.79 Å². The highest BCUT2D eigenvalue weighted by Crippen LogP contribution is 2.22. The van der Waals surface area contributed by atoms with Gasteiger partial charge in [-0.25, -0.2) is 9.78 Å². The molecule has 29 heavy (non-hydrogen) atoms. The molecule has 0 spiro atoms. The van der Waals surface area contributed by atoms with Gasteiger partial charge in [-0.05, 0) is 60.4 Å². The van der Waals surface area contributed by atoms with Gasteiger partial charge in [-0.3, -0.25) is 9.99 Å². The van der Waals surface area contributed by atoms with Crippen LogP contribution in [0.15, 0.2) is 29.1 Å². The predicted octanol–water partition coefficient (Wildman–Crippen LogP) is 1.52. The molecule has 1 fully saturated rings. The summed E-state index contributed by atoms with van der Waals surface area (Å²) in [5.41, 5.74) is 1.79. The molecule has 2 N–H and O–H groups in total. The first-order chi connectivity index (χ1) is 14.3. The number of hydrogen-bond acceptors (Lipinski definition) is 7. The Bertz CT molecular complexity index is 1190. The normalized spacial score (nSPS) is 14.7. The number of imidazole rings is 1. The molecule has 0 radical (unpaired) electrons. The largest absolute Gasteiger partial charge is 0.494 e. The van der Waals surface area contributed by atoms with E-state index in [1.165, 1.54) is 19.3 Å². The van der Waals surface area contributed by atoms with Crippen LogP contribution in [0, 0.1) is 0 Å². The summed E-state index contributed by atoms with van der Waals surface area (Å²) in [6.07, 6.45) is 5.21. The molecule has 0 bridgehead atoms. The van der Waals surface area contributed by atoms with Crippen LogP contribution in [0.3, 0.4) is 0 Å². The van der Waals surface area contributed by atoms with Gasteiger partial charge < -0.3 is 9.72 Å². The number of fused-ring (bicyclic) bond motifs is 2. The molecule has 0 atom stereocenters. The van der Waals surface area contributed by atoms with E-state index >= 15 is 0 Å². The summed E-state index contributed by atoms with van der Waals surface area (Å²) in [6.45, 7) is 2.56. The SMILES string of the molecule is O=c1[nH]c2cc3cc(OCCCc4nnnn4N4CCCCC4)ccc3nc2[nH]1. The molecule has 150 valence electrons. The van der Waals surface area contributed by atoms with Crippen LogP contribution in [0.1, 0.15) is 31.5 Å². The van der Waals surface area contributed by atoms with Crippen LogP contribution in [-0.2, 0) is 6.42 Å². The minimum Gasteiger partial charge on any atom is -0.494 e. The Hall–Kier alpha value is -3.43. The lowest BCUT2D eigenvalue weighted by Crippen LogP contribution is -2.41. The summed E-state index contributed by atoms with van der Waals surface area (Å²) in [5, 5.41) is 15.3. The van der Waals surface area contributed by atoms with E-state index in [1.54, 1.807) is 0 Å². The number of hydrogen-bond donors (Lipinski definition) is 2. The first kappa shape index (κ1) is 17.7. The molecule has 4 heterocycles. The molecule has 10 nitrogen and oxygen atoms in total. The van der Waals surface area contributed by atoms with E-state index in [2.05, 4.69) is 35.5 Å². The summed E-state index contributed by atoms with van der Waals surface area (Å²) in [4.78, 5) is 23.1. The standard InChI is InChI=1S/C19H22N8O2/c28-19-21-16-12-13-11-14(6-7-15(13)20-18(16)22-19)29-10-4-5-17-23-24-25-27(17)26-8-2-1-3-9-26/h6-7,11-12H,1-5,8-10H2,(H2,20,21,22,28). The summed E-state index contributed by atoms with van der Waals surface area (Å²) < 4.78 is 5.92. The number of benzene rings is 1. The maximum absolute atomic E-state index is 11.4. The zero-order chi connectivity index (χ0) is 19.6. The molecule has 1 saturated heterocycles. The van der Waals surface area contributed by atoms with Crippen molar-refractivity contribution in [2.75, 3.05) is 24.7 Å². The average molecular weight is 394 g/mol. The van der Waals surface area contributed by atoms with Gasteiger partial charge in [0.25, 0.3) is 0 Å². The minimum absolute atomic E-state index is 0.258. The van der Waals surface area contributed by atoms with Gasteiger partial charge in [0.1, 0.15) is 5.75 Å². The average Bonchev–Trinajstić information content (AvgIpc) is 3.35. The number of aromatic amines is 2. The lowest BCUT2D eigenvalue weighted by atomic mass is 10.2. The third-order valence-electron chi connectivity index (χ3n) is 5.20. The van der Waals surface area contributed by atoms with Crippen molar-refractivity contribution in [1.82, 2.24) is 35.3 Å². The van der Waals surface area contributed by atoms with E-state index in [0.29, 0.717) is 17.8 Å². The lowest BCUT2D eigenvalue weighted by Gasteiger charge is -2.28. The number of rotatable bonds is 6. The Morgan fingerprint density at radius 2 is 2.00 bits per heavy atom. The summed E-state index contributed by atoms with van der Waals surface area (Å²) in [6, 6.07) is 7.62. The maximum atomic E-state index is 11.4. The number of tetrazole rings is 1. The molecule has 1 aliphatic rings. The van der Waals surface area contributed by atoms with Crippen molar-refractivity contribution in [3.8, 4) is 5.75 Å². The van der Waals surface area contributed by atoms with Gasteiger partial charge in [0.05, 0.1) is 17.6 Å². The molecule has 4 aromatic rings. The Morgan fingerprint density at radius 1 is 1.10 bits per heavy atom. The van der Waals surface area contributed by atoms with E-state index < -0.39 is 0 Å². The minimum atomic E-state index is -0.258. The fourth-order valence-electron chi connectivity index (χ4n) is 3.75. The number of H-pyrrole nitrogens is 2. The highest BCUT2D eigenvalue weighted by Gasteiger charge is 2.16. The van der Waals surface area contributed by atoms with Crippen LogP contribution >= 0.6 is 0 Å². The van der Waals surface area contributed by atoms with Crippen LogP contribution in [-0.4, -0.2) is 55.0 Å². The number of pyridine rings is 1. The van der Waals surface area contributed by atoms with Gasteiger partial charge in [-0.1, -0.05) is 0 Å². The van der Waals surface area contributed by atoms with Crippen LogP contribution < -0.4 is 15.4 Å². The third-order valence-corrected chi connectivity index (χ3v) is 5.20. The molecule has 0 unspecified atom stereocenters. The van der Waals surface area contributed by atoms with Crippen molar-refractivity contribution in [3.05, 3.63) is 40.6 Å². The number of nitrogens with one attached hydrogen (secondary N) is 2. The second kappa shape index (κ2) is 7.53. The van der Waals surface area contributed by atoms with Gasteiger partial charge >= 0.3 is 5.69 Å². The molecule has 0 saturated carbocycles. The third kappa shape index (κ3) is 3.65. The molecule has 0 amide bonds. The molecule has 3 aromatic heterocycles. The zero-order valence-corrected chi connectivity index (χ0v) is 16.0. The van der Waals surface area contributed by atoms with Gasteiger partial charge in [0.2, 0.25) is 0 Å². The highest BCUT2D eigenvalue weighted by atomic mass is 16.5. The number of nitrogens with zero attached hydrogens (tertiary/aromatic N) is 6. The smallest absolute Gasteiger partial charge is 0.325 e. The van der Waals surface area contributed by atoms with Crippen LogP contribution in [0.25, 0.3) is 22.1 Å². The van der Waals surface area contributed by atoms with Gasteiger partial charge in [-0.2, -0.15) is 0 Å². The Kier molecular flexibility index (Phi) is 4.59. The number of aromatic nitrogens is 7. The summed E-state index contributed by atoms with van der Waals surface area (Å²) in [7, 11) is 0. The highest BCUT2D eigenvalue weighted by molar-refractivity contribution is 5.89. The van der Waals surface area contributed by atoms with Crippen molar-refractivity contribution < 1.29 is 4.74 Å². The quantitative estimate of drug-likeness (QED) is 0.476. The molecular weight excluding hydrogens is 372 g/mol. The number of aryl methyl sites for hydroxylation is 1. The van der Waals surface area contributed by atoms with Crippen LogP contribution in [0.5, 0.6) is 5.75 Å². The Balaban J connectivity index is 1.22. The van der Waals surface area contributed by atoms with Crippen molar-refractivity contribution >= 4 is 22.1 Å². The number of ether oxygens (including phenoxy) is 1. The monoisotopic (exact) mass is 394 g/mol. The molecular formula is C19H22N8O2. The maximum Gasteiger partial charge on any atom is 0.325 e. The second-order valence-corrected chi connectivity index (χ2v) is 7.27. The molecule has 1 aliphatic heterocycles. The second-order valence-electron chi connectivity index (χ2n) is 7.27. The van der Waals surface area contributed by atoms with Crippen molar-refractivity contribution in [2.45, 2.75) is 32.1 Å². The Morgan fingerprint density at radius 3 is 2.90 bits per heavy atom.